The van der Waals surface area contributed by atoms with Gasteiger partial charge in [-0.2, -0.15) is 0 Å². The standard InChI is InChI=1S/C67H62/c1-43-21-39-55-57(41-43)61(48-26-22-46(23-27-48)44-17-13-11-14-18-44)63-60(51-32-36-53(37-33-51)66(5,6)7)56-40-38-54(67(8,9)10)42-58(56)62(49-28-24-47(25-29-49)45-19-15-12-16-20-45)64(63)59(55)50-30-34-52(35-31-50)65(2,3)4/h11-42H,1-10H3. The predicted octanol–water partition coefficient (Wildman–Crippen LogP) is 19.3. The Hall–Kier alpha value is -7.02. The Bertz CT molecular complexity index is 3420. The summed E-state index contributed by atoms with van der Waals surface area (Å²) in [6.45, 7) is 23.1. The zero-order valence-corrected chi connectivity index (χ0v) is 41.0. The SMILES string of the molecule is Cc1ccc2c(-c3ccc(C(C)(C)C)cc3)c3c(-c4ccc(-c5ccccc5)cc4)c4cc(C(C)(C)C)ccc4c(-c4ccc(C(C)(C)C)cc4)c3c(-c3ccc(-c4ccccc4)cc3)c2c1. The molecule has 0 fully saturated rings. The molecule has 0 amide bonds. The van der Waals surface area contributed by atoms with Crippen molar-refractivity contribution in [3.63, 3.8) is 0 Å². The molecule has 0 saturated heterocycles. The van der Waals surface area contributed by atoms with Crippen LogP contribution in [0.2, 0.25) is 0 Å². The average molecular weight is 867 g/mol. The Labute approximate surface area is 399 Å². The minimum Gasteiger partial charge on any atom is -0.0622 e. The third-order valence-corrected chi connectivity index (χ3v) is 14.0. The Morgan fingerprint density at radius 3 is 0.896 bits per heavy atom. The second kappa shape index (κ2) is 16.7. The summed E-state index contributed by atoms with van der Waals surface area (Å²) in [6.07, 6.45) is 0. The van der Waals surface area contributed by atoms with Crippen LogP contribution in [0, 0.1) is 6.92 Å². The monoisotopic (exact) mass is 866 g/mol. The van der Waals surface area contributed by atoms with Crippen molar-refractivity contribution in [2.24, 2.45) is 0 Å². The average Bonchev–Trinajstić information content (AvgIpc) is 3.32. The summed E-state index contributed by atoms with van der Waals surface area (Å²) >= 11 is 0. The van der Waals surface area contributed by atoms with Crippen LogP contribution < -0.4 is 0 Å². The first-order chi connectivity index (χ1) is 32.0. The van der Waals surface area contributed by atoms with Crippen LogP contribution in [0.4, 0.5) is 0 Å². The fourth-order valence-electron chi connectivity index (χ4n) is 10.2. The van der Waals surface area contributed by atoms with Crippen molar-refractivity contribution < 1.29 is 0 Å². The van der Waals surface area contributed by atoms with Crippen molar-refractivity contribution in [1.82, 2.24) is 0 Å². The van der Waals surface area contributed by atoms with E-state index in [1.807, 2.05) is 0 Å². The lowest BCUT2D eigenvalue weighted by molar-refractivity contribution is 0.590. The normalized spacial score (nSPS) is 12.3. The molecule has 0 atom stereocenters. The third-order valence-electron chi connectivity index (χ3n) is 14.0. The molecule has 0 spiro atoms. The Morgan fingerprint density at radius 2 is 0.522 bits per heavy atom. The molecule has 0 unspecified atom stereocenters. The molecule has 10 aromatic carbocycles. The zero-order valence-electron chi connectivity index (χ0n) is 41.0. The van der Waals surface area contributed by atoms with Crippen molar-refractivity contribution in [3.8, 4) is 66.8 Å². The summed E-state index contributed by atoms with van der Waals surface area (Å²) in [5.74, 6) is 0. The quantitative estimate of drug-likeness (QED) is 0.146. The second-order valence-corrected chi connectivity index (χ2v) is 21.9. The highest BCUT2D eigenvalue weighted by molar-refractivity contribution is 6.34. The van der Waals surface area contributed by atoms with Gasteiger partial charge in [-0.3, -0.25) is 0 Å². The molecule has 0 heterocycles. The molecule has 0 N–H and O–H groups in total. The summed E-state index contributed by atoms with van der Waals surface area (Å²) in [7, 11) is 0. The summed E-state index contributed by atoms with van der Waals surface area (Å²) in [5, 5.41) is 7.61. The van der Waals surface area contributed by atoms with Crippen molar-refractivity contribution in [2.45, 2.75) is 85.5 Å². The number of benzene rings is 10. The minimum absolute atomic E-state index is 0.0197. The van der Waals surface area contributed by atoms with E-state index in [0.717, 1.165) is 0 Å². The van der Waals surface area contributed by atoms with Gasteiger partial charge in [0.05, 0.1) is 0 Å². The zero-order chi connectivity index (χ0) is 46.8. The van der Waals surface area contributed by atoms with E-state index in [4.69, 9.17) is 0 Å². The van der Waals surface area contributed by atoms with Crippen LogP contribution in [-0.4, -0.2) is 0 Å². The molecule has 0 radical (unpaired) electrons. The molecular formula is C67H62. The summed E-state index contributed by atoms with van der Waals surface area (Å²) in [4.78, 5) is 0. The van der Waals surface area contributed by atoms with Crippen LogP contribution in [0.15, 0.2) is 194 Å². The molecule has 67 heavy (non-hydrogen) atoms. The van der Waals surface area contributed by atoms with E-state index in [-0.39, 0.29) is 16.2 Å². The maximum Gasteiger partial charge on any atom is -0.000139 e. The van der Waals surface area contributed by atoms with Gasteiger partial charge in [-0.25, -0.2) is 0 Å². The molecule has 0 heteroatoms. The molecule has 10 aromatic rings. The molecule has 0 aromatic heterocycles. The molecule has 0 saturated carbocycles. The number of hydrogen-bond donors (Lipinski definition) is 0. The van der Waals surface area contributed by atoms with Crippen LogP contribution in [-0.2, 0) is 16.2 Å². The Morgan fingerprint density at radius 1 is 0.239 bits per heavy atom. The number of hydrogen-bond acceptors (Lipinski definition) is 0. The van der Waals surface area contributed by atoms with Crippen molar-refractivity contribution >= 4 is 32.3 Å². The molecule has 0 nitrogen and oxygen atoms in total. The van der Waals surface area contributed by atoms with E-state index in [9.17, 15) is 0 Å². The van der Waals surface area contributed by atoms with Crippen molar-refractivity contribution in [1.29, 1.82) is 0 Å². The third kappa shape index (κ3) is 8.18. The van der Waals surface area contributed by atoms with Crippen LogP contribution in [0.5, 0.6) is 0 Å². The van der Waals surface area contributed by atoms with Gasteiger partial charge < -0.3 is 0 Å². The maximum atomic E-state index is 2.52. The Balaban J connectivity index is 1.45. The van der Waals surface area contributed by atoms with E-state index >= 15 is 0 Å². The van der Waals surface area contributed by atoms with Gasteiger partial charge in [0.25, 0.3) is 0 Å². The first kappa shape index (κ1) is 43.9. The predicted molar refractivity (Wildman–Crippen MR) is 292 cm³/mol. The van der Waals surface area contributed by atoms with Gasteiger partial charge in [0.15, 0.2) is 0 Å². The van der Waals surface area contributed by atoms with Gasteiger partial charge in [0, 0.05) is 0 Å². The largest absolute Gasteiger partial charge is 0.0622 e. The van der Waals surface area contributed by atoms with Gasteiger partial charge in [-0.1, -0.05) is 256 Å². The number of aryl methyl sites for hydroxylation is 1. The number of fused-ring (bicyclic) bond motifs is 3. The van der Waals surface area contributed by atoms with Gasteiger partial charge >= 0.3 is 0 Å². The van der Waals surface area contributed by atoms with E-state index < -0.39 is 0 Å². The maximum absolute atomic E-state index is 2.52. The topological polar surface area (TPSA) is 0 Å². The molecule has 0 aliphatic carbocycles. The number of rotatable bonds is 6. The smallest absolute Gasteiger partial charge is 0.000139 e. The van der Waals surface area contributed by atoms with E-state index in [0.29, 0.717) is 0 Å². The van der Waals surface area contributed by atoms with Crippen LogP contribution >= 0.6 is 0 Å². The summed E-state index contributed by atoms with van der Waals surface area (Å²) in [5.41, 5.74) is 20.0. The van der Waals surface area contributed by atoms with Crippen LogP contribution in [0.1, 0.15) is 84.6 Å². The molecule has 0 aliphatic heterocycles. The van der Waals surface area contributed by atoms with Crippen LogP contribution in [0.3, 0.4) is 0 Å². The lowest BCUT2D eigenvalue weighted by Crippen LogP contribution is -2.11. The van der Waals surface area contributed by atoms with E-state index in [1.54, 1.807) is 0 Å². The molecular weight excluding hydrogens is 805 g/mol. The first-order valence-corrected chi connectivity index (χ1v) is 24.1. The van der Waals surface area contributed by atoms with Crippen molar-refractivity contribution in [3.05, 3.63) is 216 Å². The molecule has 0 bridgehead atoms. The fourth-order valence-corrected chi connectivity index (χ4v) is 10.2. The van der Waals surface area contributed by atoms with Crippen molar-refractivity contribution in [2.75, 3.05) is 0 Å². The van der Waals surface area contributed by atoms with Gasteiger partial charge in [-0.15, -0.1) is 0 Å². The first-order valence-electron chi connectivity index (χ1n) is 24.1. The molecule has 330 valence electrons. The van der Waals surface area contributed by atoms with Gasteiger partial charge in [-0.05, 0) is 145 Å². The lowest BCUT2D eigenvalue weighted by atomic mass is 9.75. The van der Waals surface area contributed by atoms with Gasteiger partial charge in [0.1, 0.15) is 0 Å². The molecule has 0 aliphatic rings. The van der Waals surface area contributed by atoms with Gasteiger partial charge in [0.2, 0.25) is 0 Å². The highest BCUT2D eigenvalue weighted by Gasteiger charge is 2.28. The Kier molecular flexibility index (Phi) is 10.9. The van der Waals surface area contributed by atoms with Crippen LogP contribution in [0.25, 0.3) is 99.1 Å². The highest BCUT2D eigenvalue weighted by atomic mass is 14.3. The minimum atomic E-state index is -0.0652. The molecule has 10 rings (SSSR count). The van der Waals surface area contributed by atoms with E-state index in [1.165, 1.54) is 121 Å². The lowest BCUT2D eigenvalue weighted by Gasteiger charge is -2.27. The second-order valence-electron chi connectivity index (χ2n) is 21.9. The highest BCUT2D eigenvalue weighted by Crippen LogP contribution is 2.54. The summed E-state index contributed by atoms with van der Waals surface area (Å²) < 4.78 is 0. The summed E-state index contributed by atoms with van der Waals surface area (Å²) in [6, 6.07) is 73.7. The fraction of sp³-hybridized carbons (Fsp3) is 0.194. The van der Waals surface area contributed by atoms with E-state index in [2.05, 4.69) is 263 Å².